The molecule has 6 heteroatoms. The molecule has 0 atom stereocenters. The lowest BCUT2D eigenvalue weighted by Crippen LogP contribution is -2.34. The number of aromatic amines is 1. The first-order chi connectivity index (χ1) is 8.88. The molecule has 1 aromatic carbocycles. The molecule has 2 rings (SSSR count). The number of benzene rings is 1. The fraction of sp³-hybridized carbons (Fsp3) is 0.154. The Morgan fingerprint density at radius 3 is 2.21 bits per heavy atom. The van der Waals surface area contributed by atoms with E-state index in [0.29, 0.717) is 5.56 Å². The molecule has 0 fully saturated rings. The highest BCUT2D eigenvalue weighted by Crippen LogP contribution is 2.11. The number of carbonyl (C=O) groups excluding carboxylic acids is 1. The smallest absolute Gasteiger partial charge is 0.362 e. The number of rotatable bonds is 2. The zero-order chi connectivity index (χ0) is 14.2. The zero-order valence-electron chi connectivity index (χ0n) is 10.4. The van der Waals surface area contributed by atoms with Gasteiger partial charge in [0.15, 0.2) is 0 Å². The Morgan fingerprint density at radius 1 is 1.11 bits per heavy atom. The van der Waals surface area contributed by atoms with Crippen LogP contribution in [0.5, 0.6) is 0 Å². The summed E-state index contributed by atoms with van der Waals surface area (Å²) in [5, 5.41) is 9.02. The molecule has 1 heterocycles. The molecule has 2 N–H and O–H groups in total. The normalized spacial score (nSPS) is 10.4. The maximum atomic E-state index is 12.2. The van der Waals surface area contributed by atoms with E-state index < -0.39 is 17.0 Å². The van der Waals surface area contributed by atoms with Crippen LogP contribution in [0.1, 0.15) is 27.2 Å². The Balaban J connectivity index is 2.56. The van der Waals surface area contributed by atoms with Crippen molar-refractivity contribution >= 4 is 5.78 Å². The number of aryl methyl sites for hydroxylation is 2. The molecule has 0 amide bonds. The molecule has 2 aromatic rings. The third kappa shape index (κ3) is 2.47. The molecule has 0 bridgehead atoms. The quantitative estimate of drug-likeness (QED) is 0.611. The summed E-state index contributed by atoms with van der Waals surface area (Å²) in [4.78, 5) is 36.8. The van der Waals surface area contributed by atoms with Crippen molar-refractivity contribution in [3.05, 3.63) is 67.5 Å². The van der Waals surface area contributed by atoms with Gasteiger partial charge in [0.05, 0.1) is 5.69 Å². The third-order valence-electron chi connectivity index (χ3n) is 2.64. The highest BCUT2D eigenvalue weighted by Gasteiger charge is 2.13. The highest BCUT2D eigenvalue weighted by molar-refractivity contribution is 6.07. The SMILES string of the molecule is Cc1cc(C)cc(C(=O)c2cc(=O)n(O)c(=O)[nH]2)c1. The summed E-state index contributed by atoms with van der Waals surface area (Å²) >= 11 is 0. The van der Waals surface area contributed by atoms with Crippen LogP contribution in [0.2, 0.25) is 0 Å². The molecule has 0 spiro atoms. The van der Waals surface area contributed by atoms with Crippen LogP contribution in [0.15, 0.2) is 33.9 Å². The van der Waals surface area contributed by atoms with Crippen LogP contribution in [0, 0.1) is 13.8 Å². The number of hydrogen-bond acceptors (Lipinski definition) is 4. The van der Waals surface area contributed by atoms with Gasteiger partial charge >= 0.3 is 5.69 Å². The fourth-order valence-corrected chi connectivity index (χ4v) is 1.87. The number of carbonyl (C=O) groups is 1. The Kier molecular flexibility index (Phi) is 3.08. The highest BCUT2D eigenvalue weighted by atomic mass is 16.5. The Labute approximate surface area is 107 Å². The van der Waals surface area contributed by atoms with E-state index in [0.717, 1.165) is 17.2 Å². The van der Waals surface area contributed by atoms with Gasteiger partial charge in [0, 0.05) is 11.6 Å². The molecule has 0 aliphatic heterocycles. The molecular formula is C13H12N2O4. The molecule has 6 nitrogen and oxygen atoms in total. The first-order valence-corrected chi connectivity index (χ1v) is 5.57. The number of nitrogens with one attached hydrogen (secondary N) is 1. The molecule has 1 aromatic heterocycles. The molecule has 98 valence electrons. The predicted octanol–water partition coefficient (Wildman–Crippen LogP) is 0.622. The zero-order valence-corrected chi connectivity index (χ0v) is 10.4. The fourth-order valence-electron chi connectivity index (χ4n) is 1.87. The summed E-state index contributed by atoms with van der Waals surface area (Å²) in [6, 6.07) is 6.13. The van der Waals surface area contributed by atoms with Crippen molar-refractivity contribution in [1.82, 2.24) is 9.71 Å². The van der Waals surface area contributed by atoms with Crippen LogP contribution < -0.4 is 11.2 Å². The Hall–Kier alpha value is -2.63. The molecule has 0 aliphatic carbocycles. The predicted molar refractivity (Wildman–Crippen MR) is 67.9 cm³/mol. The lowest BCUT2D eigenvalue weighted by atomic mass is 10.0. The molecule has 0 radical (unpaired) electrons. The lowest BCUT2D eigenvalue weighted by molar-refractivity contribution is 0.103. The minimum atomic E-state index is -1.04. The van der Waals surface area contributed by atoms with Crippen molar-refractivity contribution in [1.29, 1.82) is 0 Å². The topological polar surface area (TPSA) is 92.2 Å². The van der Waals surface area contributed by atoms with E-state index >= 15 is 0 Å². The summed E-state index contributed by atoms with van der Waals surface area (Å²) in [5.41, 5.74) is 0.0487. The van der Waals surface area contributed by atoms with Gasteiger partial charge in [-0.25, -0.2) is 4.79 Å². The first kappa shape index (κ1) is 12.8. The van der Waals surface area contributed by atoms with E-state index in [4.69, 9.17) is 5.21 Å². The summed E-state index contributed by atoms with van der Waals surface area (Å²) in [6.45, 7) is 3.69. The monoisotopic (exact) mass is 260 g/mol. The Bertz CT molecular complexity index is 719. The molecule has 0 aliphatic rings. The number of H-pyrrole nitrogens is 1. The van der Waals surface area contributed by atoms with E-state index in [-0.39, 0.29) is 10.4 Å². The molecule has 0 unspecified atom stereocenters. The number of hydrogen-bond donors (Lipinski definition) is 2. The minimum Gasteiger partial charge on any atom is -0.421 e. The van der Waals surface area contributed by atoms with Crippen LogP contribution in [-0.4, -0.2) is 20.7 Å². The number of ketones is 1. The van der Waals surface area contributed by atoms with Gasteiger partial charge in [0.1, 0.15) is 0 Å². The van der Waals surface area contributed by atoms with E-state index in [1.807, 2.05) is 19.9 Å². The second kappa shape index (κ2) is 4.56. The molecule has 19 heavy (non-hydrogen) atoms. The maximum Gasteiger partial charge on any atom is 0.362 e. The van der Waals surface area contributed by atoms with Crippen molar-refractivity contribution in [2.45, 2.75) is 13.8 Å². The largest absolute Gasteiger partial charge is 0.421 e. The van der Waals surface area contributed by atoms with Crippen molar-refractivity contribution in [2.24, 2.45) is 0 Å². The average molecular weight is 260 g/mol. The van der Waals surface area contributed by atoms with E-state index in [2.05, 4.69) is 4.98 Å². The van der Waals surface area contributed by atoms with Crippen molar-refractivity contribution in [3.8, 4) is 0 Å². The van der Waals surface area contributed by atoms with Gasteiger partial charge in [0.25, 0.3) is 5.56 Å². The number of nitrogens with zero attached hydrogens (tertiary/aromatic N) is 1. The summed E-state index contributed by atoms with van der Waals surface area (Å²) < 4.78 is -0.0850. The van der Waals surface area contributed by atoms with E-state index in [1.165, 1.54) is 0 Å². The van der Waals surface area contributed by atoms with Crippen molar-refractivity contribution in [3.63, 3.8) is 0 Å². The maximum absolute atomic E-state index is 12.2. The standard InChI is InChI=1S/C13H12N2O4/c1-7-3-8(2)5-9(4-7)12(17)10-6-11(16)15(19)13(18)14-10/h3-6,19H,1-2H3,(H,14,18). The second-order valence-corrected chi connectivity index (χ2v) is 4.34. The van der Waals surface area contributed by atoms with Gasteiger partial charge in [-0.05, 0) is 26.0 Å². The molecular weight excluding hydrogens is 248 g/mol. The first-order valence-electron chi connectivity index (χ1n) is 5.57. The van der Waals surface area contributed by atoms with Gasteiger partial charge in [-0.2, -0.15) is 0 Å². The minimum absolute atomic E-state index is 0.0850. The molecule has 0 saturated heterocycles. The van der Waals surface area contributed by atoms with Crippen molar-refractivity contribution in [2.75, 3.05) is 0 Å². The summed E-state index contributed by atoms with van der Waals surface area (Å²) in [6.07, 6.45) is 0. The van der Waals surface area contributed by atoms with E-state index in [1.54, 1.807) is 12.1 Å². The van der Waals surface area contributed by atoms with Crippen LogP contribution >= 0.6 is 0 Å². The van der Waals surface area contributed by atoms with Crippen LogP contribution in [0.3, 0.4) is 0 Å². The van der Waals surface area contributed by atoms with Crippen LogP contribution in [0.25, 0.3) is 0 Å². The summed E-state index contributed by atoms with van der Waals surface area (Å²) in [5.74, 6) is -0.471. The van der Waals surface area contributed by atoms with E-state index in [9.17, 15) is 14.4 Å². The van der Waals surface area contributed by atoms with Crippen molar-refractivity contribution < 1.29 is 10.0 Å². The second-order valence-electron chi connectivity index (χ2n) is 4.34. The third-order valence-corrected chi connectivity index (χ3v) is 2.64. The lowest BCUT2D eigenvalue weighted by Gasteiger charge is -2.04. The van der Waals surface area contributed by atoms with Crippen LogP contribution in [0.4, 0.5) is 0 Å². The summed E-state index contributed by atoms with van der Waals surface area (Å²) in [7, 11) is 0. The van der Waals surface area contributed by atoms with Gasteiger partial charge in [0.2, 0.25) is 5.78 Å². The molecule has 0 saturated carbocycles. The van der Waals surface area contributed by atoms with Gasteiger partial charge in [-0.1, -0.05) is 21.9 Å². The van der Waals surface area contributed by atoms with Gasteiger partial charge in [-0.3, -0.25) is 9.59 Å². The van der Waals surface area contributed by atoms with Crippen LogP contribution in [-0.2, 0) is 0 Å². The number of aromatic nitrogens is 2. The van der Waals surface area contributed by atoms with Gasteiger partial charge < -0.3 is 10.2 Å². The average Bonchev–Trinajstić information content (AvgIpc) is 2.33. The Morgan fingerprint density at radius 2 is 1.68 bits per heavy atom. The van der Waals surface area contributed by atoms with Gasteiger partial charge in [-0.15, -0.1) is 0 Å².